The molecule has 0 N–H and O–H groups in total. The van der Waals surface area contributed by atoms with E-state index in [0.717, 1.165) is 21.2 Å². The number of para-hydroxylation sites is 2. The van der Waals surface area contributed by atoms with E-state index in [1.807, 2.05) is 36.4 Å². The van der Waals surface area contributed by atoms with Crippen molar-refractivity contribution in [2.45, 2.75) is 22.8 Å². The first-order chi connectivity index (χ1) is 16.6. The van der Waals surface area contributed by atoms with Crippen LogP contribution in [-0.2, 0) is 16.1 Å². The SMILES string of the molecule is O=C(CCN1c2ccccc2Sc2ccccc21)OCc1nnc(-c2ccc([N+](=O)[O-])cc2)o1. The molecule has 1 aromatic heterocycles. The lowest BCUT2D eigenvalue weighted by Gasteiger charge is -2.32. The van der Waals surface area contributed by atoms with Gasteiger partial charge in [0.25, 0.3) is 11.6 Å². The normalized spacial score (nSPS) is 12.1. The van der Waals surface area contributed by atoms with E-state index in [-0.39, 0.29) is 36.5 Å². The third-order valence-electron chi connectivity index (χ3n) is 5.22. The molecule has 0 saturated carbocycles. The fraction of sp³-hybridized carbons (Fsp3) is 0.125. The van der Waals surface area contributed by atoms with Crippen LogP contribution in [0.3, 0.4) is 0 Å². The standard InChI is InChI=1S/C24H18N4O5S/c29-23(32-15-22-25-26-24(33-22)16-9-11-17(12-10-16)28(30)31)13-14-27-18-5-1-3-7-20(18)34-21-8-4-2-6-19(21)27/h1-12H,13-15H2. The molecule has 0 fully saturated rings. The molecule has 34 heavy (non-hydrogen) atoms. The van der Waals surface area contributed by atoms with Gasteiger partial charge in [0.1, 0.15) is 0 Å². The Bertz CT molecular complexity index is 1310. The van der Waals surface area contributed by atoms with Gasteiger partial charge in [0.2, 0.25) is 5.89 Å². The fourth-order valence-electron chi connectivity index (χ4n) is 3.59. The molecule has 5 rings (SSSR count). The highest BCUT2D eigenvalue weighted by Crippen LogP contribution is 2.47. The summed E-state index contributed by atoms with van der Waals surface area (Å²) in [5, 5.41) is 18.6. The zero-order valence-electron chi connectivity index (χ0n) is 17.8. The first-order valence-electron chi connectivity index (χ1n) is 10.4. The first kappa shape index (κ1) is 21.7. The first-order valence-corrected chi connectivity index (χ1v) is 11.3. The van der Waals surface area contributed by atoms with E-state index >= 15 is 0 Å². The van der Waals surface area contributed by atoms with Crippen molar-refractivity contribution in [3.63, 3.8) is 0 Å². The molecule has 0 spiro atoms. The van der Waals surface area contributed by atoms with Crippen molar-refractivity contribution in [1.82, 2.24) is 10.2 Å². The van der Waals surface area contributed by atoms with Crippen molar-refractivity contribution in [3.8, 4) is 11.5 Å². The largest absolute Gasteiger partial charge is 0.456 e. The zero-order chi connectivity index (χ0) is 23.5. The lowest BCUT2D eigenvalue weighted by molar-refractivity contribution is -0.384. The van der Waals surface area contributed by atoms with Gasteiger partial charge in [-0.15, -0.1) is 10.2 Å². The summed E-state index contributed by atoms with van der Waals surface area (Å²) in [5.41, 5.74) is 2.62. The summed E-state index contributed by atoms with van der Waals surface area (Å²) >= 11 is 1.71. The molecule has 0 amide bonds. The minimum Gasteiger partial charge on any atom is -0.456 e. The molecule has 0 saturated heterocycles. The van der Waals surface area contributed by atoms with E-state index in [0.29, 0.717) is 12.1 Å². The van der Waals surface area contributed by atoms with E-state index in [1.165, 1.54) is 24.3 Å². The summed E-state index contributed by atoms with van der Waals surface area (Å²) in [5.74, 6) is -0.0463. The molecular formula is C24H18N4O5S. The van der Waals surface area contributed by atoms with Crippen LogP contribution >= 0.6 is 11.8 Å². The predicted molar refractivity (Wildman–Crippen MR) is 125 cm³/mol. The van der Waals surface area contributed by atoms with Crippen LogP contribution in [0.5, 0.6) is 0 Å². The minimum absolute atomic E-state index is 0.0324. The number of non-ortho nitro benzene ring substituents is 1. The van der Waals surface area contributed by atoms with E-state index in [1.54, 1.807) is 11.8 Å². The molecule has 9 nitrogen and oxygen atoms in total. The van der Waals surface area contributed by atoms with Crippen LogP contribution in [-0.4, -0.2) is 27.6 Å². The van der Waals surface area contributed by atoms with Crippen molar-refractivity contribution in [3.05, 3.63) is 88.8 Å². The number of nitro benzene ring substituents is 1. The van der Waals surface area contributed by atoms with Crippen LogP contribution in [0.4, 0.5) is 17.1 Å². The number of fused-ring (bicyclic) bond motifs is 2. The van der Waals surface area contributed by atoms with Gasteiger partial charge in [0.05, 0.1) is 22.7 Å². The van der Waals surface area contributed by atoms with Crippen molar-refractivity contribution in [2.75, 3.05) is 11.4 Å². The Morgan fingerprint density at radius 1 is 0.971 bits per heavy atom. The number of nitrogens with zero attached hydrogens (tertiary/aromatic N) is 4. The third-order valence-corrected chi connectivity index (χ3v) is 6.35. The van der Waals surface area contributed by atoms with Crippen LogP contribution in [0.15, 0.2) is 87.0 Å². The van der Waals surface area contributed by atoms with Crippen LogP contribution < -0.4 is 4.90 Å². The Morgan fingerprint density at radius 3 is 2.26 bits per heavy atom. The lowest BCUT2D eigenvalue weighted by atomic mass is 10.2. The van der Waals surface area contributed by atoms with Gasteiger partial charge in [-0.05, 0) is 36.4 Å². The quantitative estimate of drug-likeness (QED) is 0.198. The molecule has 0 bridgehead atoms. The number of nitro groups is 1. The Kier molecular flexibility index (Phi) is 5.96. The fourth-order valence-corrected chi connectivity index (χ4v) is 4.69. The smallest absolute Gasteiger partial charge is 0.308 e. The summed E-state index contributed by atoms with van der Waals surface area (Å²) in [7, 11) is 0. The Morgan fingerprint density at radius 2 is 1.62 bits per heavy atom. The summed E-state index contributed by atoms with van der Waals surface area (Å²) < 4.78 is 10.9. The Labute approximate surface area is 198 Å². The number of hydrogen-bond acceptors (Lipinski definition) is 9. The van der Waals surface area contributed by atoms with Gasteiger partial charge in [-0.2, -0.15) is 0 Å². The van der Waals surface area contributed by atoms with E-state index in [4.69, 9.17) is 9.15 Å². The van der Waals surface area contributed by atoms with Crippen molar-refractivity contribution in [2.24, 2.45) is 0 Å². The number of ether oxygens (including phenoxy) is 1. The summed E-state index contributed by atoms with van der Waals surface area (Å²) in [4.78, 5) is 27.2. The second-order valence-corrected chi connectivity index (χ2v) is 8.49. The summed E-state index contributed by atoms with van der Waals surface area (Å²) in [6, 6.07) is 21.9. The average molecular weight is 474 g/mol. The molecular weight excluding hydrogens is 456 g/mol. The summed E-state index contributed by atoms with van der Waals surface area (Å²) in [6.45, 7) is 0.313. The molecule has 0 unspecified atom stereocenters. The molecule has 2 heterocycles. The molecule has 1 aliphatic rings. The van der Waals surface area contributed by atoms with Crippen LogP contribution in [0.2, 0.25) is 0 Å². The van der Waals surface area contributed by atoms with Gasteiger partial charge in [-0.25, -0.2) is 0 Å². The van der Waals surface area contributed by atoms with Gasteiger partial charge >= 0.3 is 5.97 Å². The molecule has 10 heteroatoms. The van der Waals surface area contributed by atoms with E-state index in [9.17, 15) is 14.9 Å². The van der Waals surface area contributed by atoms with Crippen molar-refractivity contribution >= 4 is 34.8 Å². The number of hydrogen-bond donors (Lipinski definition) is 0. The number of carbonyl (C=O) groups is 1. The van der Waals surface area contributed by atoms with Crippen LogP contribution in [0.25, 0.3) is 11.5 Å². The monoisotopic (exact) mass is 474 g/mol. The van der Waals surface area contributed by atoms with Crippen molar-refractivity contribution in [1.29, 1.82) is 0 Å². The van der Waals surface area contributed by atoms with Gasteiger partial charge in [-0.3, -0.25) is 14.9 Å². The van der Waals surface area contributed by atoms with Gasteiger partial charge < -0.3 is 14.1 Å². The number of carbonyl (C=O) groups excluding carboxylic acids is 1. The van der Waals surface area contributed by atoms with Crippen LogP contribution in [0.1, 0.15) is 12.3 Å². The summed E-state index contributed by atoms with van der Waals surface area (Å²) in [6.07, 6.45) is 0.177. The third kappa shape index (κ3) is 4.48. The second kappa shape index (κ2) is 9.36. The Balaban J connectivity index is 1.20. The molecule has 170 valence electrons. The minimum atomic E-state index is -0.484. The maximum absolute atomic E-state index is 12.5. The van der Waals surface area contributed by atoms with Crippen LogP contribution in [0, 0.1) is 10.1 Å². The lowest BCUT2D eigenvalue weighted by Crippen LogP contribution is -2.24. The Hall–Kier alpha value is -4.18. The molecule has 0 aliphatic carbocycles. The van der Waals surface area contributed by atoms with E-state index in [2.05, 4.69) is 27.2 Å². The number of aromatic nitrogens is 2. The number of esters is 1. The van der Waals surface area contributed by atoms with Gasteiger partial charge in [-0.1, -0.05) is 36.0 Å². The zero-order valence-corrected chi connectivity index (χ0v) is 18.6. The topological polar surface area (TPSA) is 112 Å². The van der Waals surface area contributed by atoms with Crippen molar-refractivity contribution < 1.29 is 18.9 Å². The maximum atomic E-state index is 12.5. The van der Waals surface area contributed by atoms with Gasteiger partial charge in [0, 0.05) is 34.0 Å². The number of anilines is 2. The molecule has 1 aliphatic heterocycles. The second-order valence-electron chi connectivity index (χ2n) is 7.40. The predicted octanol–water partition coefficient (Wildman–Crippen LogP) is 5.38. The highest BCUT2D eigenvalue weighted by Gasteiger charge is 2.23. The number of benzene rings is 3. The maximum Gasteiger partial charge on any atom is 0.308 e. The molecule has 3 aromatic carbocycles. The molecule has 4 aromatic rings. The molecule has 0 atom stereocenters. The molecule has 0 radical (unpaired) electrons. The van der Waals surface area contributed by atoms with E-state index < -0.39 is 4.92 Å². The highest BCUT2D eigenvalue weighted by atomic mass is 32.2. The average Bonchev–Trinajstić information content (AvgIpc) is 3.34. The highest BCUT2D eigenvalue weighted by molar-refractivity contribution is 7.99. The van der Waals surface area contributed by atoms with Gasteiger partial charge in [0.15, 0.2) is 6.61 Å². The number of rotatable bonds is 7.